The Morgan fingerprint density at radius 2 is 1.61 bits per heavy atom. The number of hydrogen-bond acceptors (Lipinski definition) is 4. The van der Waals surface area contributed by atoms with Crippen LogP contribution in [0.3, 0.4) is 0 Å². The maximum atomic E-state index is 12.8. The van der Waals surface area contributed by atoms with E-state index in [0.29, 0.717) is 33.0 Å². The standard InChI is InChI=1S/C23H21ClN2O4S/c1-14-9-16(12-18(10-14)23(28)17-3-5-19(24)6-4-17)13-22(27)26-21-8-7-20(11-15(21)2)31(25,29)30/h3-12H,13H2,1-2H3,(H,26,27)(H2,25,29,30). The Hall–Kier alpha value is -3.00. The molecule has 1 amide bonds. The molecule has 0 saturated carbocycles. The molecule has 0 unspecified atom stereocenters. The third-order valence-electron chi connectivity index (χ3n) is 4.67. The molecule has 8 heteroatoms. The summed E-state index contributed by atoms with van der Waals surface area (Å²) in [5, 5.41) is 8.45. The van der Waals surface area contributed by atoms with Crippen molar-refractivity contribution in [1.82, 2.24) is 0 Å². The number of nitrogens with one attached hydrogen (secondary N) is 1. The third-order valence-corrected chi connectivity index (χ3v) is 5.83. The van der Waals surface area contributed by atoms with Crippen molar-refractivity contribution >= 4 is 39.0 Å². The summed E-state index contributed by atoms with van der Waals surface area (Å²) in [6.07, 6.45) is 0.0545. The van der Waals surface area contributed by atoms with Gasteiger partial charge in [-0.05, 0) is 79.6 Å². The van der Waals surface area contributed by atoms with E-state index in [9.17, 15) is 18.0 Å². The molecule has 3 rings (SSSR count). The number of benzene rings is 3. The maximum Gasteiger partial charge on any atom is 0.238 e. The van der Waals surface area contributed by atoms with E-state index >= 15 is 0 Å². The van der Waals surface area contributed by atoms with E-state index in [2.05, 4.69) is 5.32 Å². The lowest BCUT2D eigenvalue weighted by Gasteiger charge is -2.11. The normalized spacial score (nSPS) is 11.2. The highest BCUT2D eigenvalue weighted by atomic mass is 35.5. The van der Waals surface area contributed by atoms with Gasteiger partial charge in [-0.3, -0.25) is 9.59 Å². The van der Waals surface area contributed by atoms with Crippen molar-refractivity contribution < 1.29 is 18.0 Å². The summed E-state index contributed by atoms with van der Waals surface area (Å²) in [5.74, 6) is -0.446. The van der Waals surface area contributed by atoms with Gasteiger partial charge in [-0.25, -0.2) is 13.6 Å². The second-order valence-electron chi connectivity index (χ2n) is 7.29. The number of carbonyl (C=O) groups excluding carboxylic acids is 2. The van der Waals surface area contributed by atoms with E-state index in [-0.39, 0.29) is 23.0 Å². The molecule has 0 atom stereocenters. The average molecular weight is 457 g/mol. The summed E-state index contributed by atoms with van der Waals surface area (Å²) in [6, 6.07) is 16.2. The van der Waals surface area contributed by atoms with E-state index < -0.39 is 10.0 Å². The van der Waals surface area contributed by atoms with Crippen molar-refractivity contribution in [3.05, 3.63) is 93.5 Å². The van der Waals surface area contributed by atoms with Gasteiger partial charge >= 0.3 is 0 Å². The molecule has 0 aliphatic carbocycles. The smallest absolute Gasteiger partial charge is 0.238 e. The van der Waals surface area contributed by atoms with Gasteiger partial charge in [0.25, 0.3) is 0 Å². The molecule has 3 aromatic carbocycles. The van der Waals surface area contributed by atoms with Crippen molar-refractivity contribution in [3.8, 4) is 0 Å². The number of amides is 1. The zero-order valence-corrected chi connectivity index (χ0v) is 18.5. The fraction of sp³-hybridized carbons (Fsp3) is 0.130. The van der Waals surface area contributed by atoms with Crippen LogP contribution in [0.4, 0.5) is 5.69 Å². The van der Waals surface area contributed by atoms with Crippen LogP contribution in [0.5, 0.6) is 0 Å². The molecule has 0 spiro atoms. The van der Waals surface area contributed by atoms with E-state index in [1.165, 1.54) is 18.2 Å². The van der Waals surface area contributed by atoms with Crippen LogP contribution in [0.15, 0.2) is 65.6 Å². The van der Waals surface area contributed by atoms with Crippen LogP contribution in [0.1, 0.15) is 32.6 Å². The number of primary sulfonamides is 1. The van der Waals surface area contributed by atoms with Crippen LogP contribution >= 0.6 is 11.6 Å². The molecule has 0 saturated heterocycles. The van der Waals surface area contributed by atoms with Crippen LogP contribution < -0.4 is 10.5 Å². The van der Waals surface area contributed by atoms with Gasteiger partial charge in [0, 0.05) is 21.8 Å². The first-order chi connectivity index (χ1) is 14.5. The molecule has 0 radical (unpaired) electrons. The van der Waals surface area contributed by atoms with Gasteiger partial charge in [-0.2, -0.15) is 0 Å². The number of halogens is 1. The predicted octanol–water partition coefficient (Wildman–Crippen LogP) is 4.02. The van der Waals surface area contributed by atoms with Crippen LogP contribution in [-0.4, -0.2) is 20.1 Å². The van der Waals surface area contributed by atoms with Gasteiger partial charge in [-0.1, -0.05) is 23.2 Å². The van der Waals surface area contributed by atoms with Crippen molar-refractivity contribution in [3.63, 3.8) is 0 Å². The minimum atomic E-state index is -3.81. The number of sulfonamides is 1. The fourth-order valence-electron chi connectivity index (χ4n) is 3.20. The zero-order valence-electron chi connectivity index (χ0n) is 17.0. The summed E-state index contributed by atoms with van der Waals surface area (Å²) < 4.78 is 22.9. The lowest BCUT2D eigenvalue weighted by Crippen LogP contribution is -2.17. The number of nitrogens with two attached hydrogens (primary N) is 1. The van der Waals surface area contributed by atoms with Gasteiger partial charge in [0.15, 0.2) is 5.78 Å². The quantitative estimate of drug-likeness (QED) is 0.546. The van der Waals surface area contributed by atoms with E-state index in [1.807, 2.05) is 13.0 Å². The molecule has 0 heterocycles. The highest BCUT2D eigenvalue weighted by Crippen LogP contribution is 2.20. The SMILES string of the molecule is Cc1cc(CC(=O)Nc2ccc(S(N)(=O)=O)cc2C)cc(C(=O)c2ccc(Cl)cc2)c1. The van der Waals surface area contributed by atoms with E-state index in [4.69, 9.17) is 16.7 Å². The Balaban J connectivity index is 1.77. The van der Waals surface area contributed by atoms with Crippen LogP contribution in [0, 0.1) is 13.8 Å². The first-order valence-electron chi connectivity index (χ1n) is 9.37. The monoisotopic (exact) mass is 456 g/mol. The summed E-state index contributed by atoms with van der Waals surface area (Å²) in [5.41, 5.74) is 3.60. The second-order valence-corrected chi connectivity index (χ2v) is 9.29. The lowest BCUT2D eigenvalue weighted by atomic mass is 9.98. The van der Waals surface area contributed by atoms with E-state index in [1.54, 1.807) is 43.3 Å². The number of hydrogen-bond donors (Lipinski definition) is 2. The predicted molar refractivity (Wildman–Crippen MR) is 121 cm³/mol. The van der Waals surface area contributed by atoms with Crippen molar-refractivity contribution in [1.29, 1.82) is 0 Å². The van der Waals surface area contributed by atoms with Crippen LogP contribution in [0.25, 0.3) is 0 Å². The van der Waals surface area contributed by atoms with Crippen molar-refractivity contribution in [2.24, 2.45) is 5.14 Å². The van der Waals surface area contributed by atoms with Crippen LogP contribution in [0.2, 0.25) is 5.02 Å². The highest BCUT2D eigenvalue weighted by Gasteiger charge is 2.14. The summed E-state index contributed by atoms with van der Waals surface area (Å²) in [4.78, 5) is 25.3. The van der Waals surface area contributed by atoms with E-state index in [0.717, 1.165) is 5.56 Å². The number of ketones is 1. The topological polar surface area (TPSA) is 106 Å². The summed E-state index contributed by atoms with van der Waals surface area (Å²) in [6.45, 7) is 3.54. The molecule has 0 aliphatic heterocycles. The Kier molecular flexibility index (Phi) is 6.59. The maximum absolute atomic E-state index is 12.8. The number of aryl methyl sites for hydroxylation is 2. The largest absolute Gasteiger partial charge is 0.326 e. The molecule has 0 aliphatic rings. The number of anilines is 1. The molecule has 0 fully saturated rings. The molecule has 0 aromatic heterocycles. The van der Waals surface area contributed by atoms with Crippen molar-refractivity contribution in [2.75, 3.05) is 5.32 Å². The molecule has 3 aromatic rings. The Morgan fingerprint density at radius 3 is 2.23 bits per heavy atom. The number of carbonyl (C=O) groups is 2. The molecule has 3 N–H and O–H groups in total. The minimum Gasteiger partial charge on any atom is -0.326 e. The van der Waals surface area contributed by atoms with Crippen molar-refractivity contribution in [2.45, 2.75) is 25.2 Å². The first kappa shape index (κ1) is 22.7. The molecule has 6 nitrogen and oxygen atoms in total. The van der Waals surface area contributed by atoms with Gasteiger partial charge in [0.2, 0.25) is 15.9 Å². The van der Waals surface area contributed by atoms with Gasteiger partial charge in [-0.15, -0.1) is 0 Å². The molecular formula is C23H21ClN2O4S. The number of rotatable bonds is 6. The first-order valence-corrected chi connectivity index (χ1v) is 11.3. The lowest BCUT2D eigenvalue weighted by molar-refractivity contribution is -0.115. The molecule has 0 bridgehead atoms. The van der Waals surface area contributed by atoms with Gasteiger partial charge in [0.05, 0.1) is 11.3 Å². The molecular weight excluding hydrogens is 436 g/mol. The average Bonchev–Trinajstić information content (AvgIpc) is 2.68. The third kappa shape index (κ3) is 5.79. The fourth-order valence-corrected chi connectivity index (χ4v) is 3.92. The molecule has 31 heavy (non-hydrogen) atoms. The Bertz CT molecular complexity index is 1270. The molecule has 160 valence electrons. The summed E-state index contributed by atoms with van der Waals surface area (Å²) >= 11 is 5.89. The summed E-state index contributed by atoms with van der Waals surface area (Å²) in [7, 11) is -3.81. The Labute approximate surface area is 186 Å². The second kappa shape index (κ2) is 9.01. The van der Waals surface area contributed by atoms with Gasteiger partial charge in [0.1, 0.15) is 0 Å². The zero-order chi connectivity index (χ0) is 22.8. The minimum absolute atomic E-state index is 0.0213. The van der Waals surface area contributed by atoms with Gasteiger partial charge < -0.3 is 5.32 Å². The highest BCUT2D eigenvalue weighted by molar-refractivity contribution is 7.89. The Morgan fingerprint density at radius 1 is 0.935 bits per heavy atom. The van der Waals surface area contributed by atoms with Crippen LogP contribution in [-0.2, 0) is 21.2 Å².